The number of carbonyl (C=O) groups is 1. The van der Waals surface area contributed by atoms with Crippen molar-refractivity contribution in [1.29, 1.82) is 0 Å². The highest BCUT2D eigenvalue weighted by atomic mass is 79.9. The van der Waals surface area contributed by atoms with Crippen molar-refractivity contribution < 1.29 is 19.9 Å². The van der Waals surface area contributed by atoms with Gasteiger partial charge in [0.1, 0.15) is 5.75 Å². The van der Waals surface area contributed by atoms with Crippen LogP contribution in [0.2, 0.25) is 0 Å². The molecule has 8 heteroatoms. The number of aromatic nitrogens is 1. The van der Waals surface area contributed by atoms with E-state index in [1.807, 2.05) is 0 Å². The largest absolute Gasteiger partial charge is 0.506 e. The van der Waals surface area contributed by atoms with Crippen LogP contribution >= 0.6 is 15.9 Å². The molecule has 2 N–H and O–H groups in total. The number of aryl methyl sites for hydroxylation is 1. The first kappa shape index (κ1) is 13.2. The summed E-state index contributed by atoms with van der Waals surface area (Å²) in [4.78, 5) is 25.0. The summed E-state index contributed by atoms with van der Waals surface area (Å²) >= 11 is 2.93. The zero-order chi connectivity index (χ0) is 14.3. The number of nitro groups is 1. The predicted molar refractivity (Wildman–Crippen MR) is 69.5 cm³/mol. The maximum absolute atomic E-state index is 11.0. The quantitative estimate of drug-likeness (QED) is 0.647. The molecule has 2 rings (SSSR count). The number of nitrogens with zero attached hydrogens (tertiary/aromatic N) is 2. The number of carboxylic acids is 1. The average molecular weight is 327 g/mol. The summed E-state index contributed by atoms with van der Waals surface area (Å²) in [5, 5.41) is 30.1. The lowest BCUT2D eigenvalue weighted by Crippen LogP contribution is -2.04. The Hall–Kier alpha value is -2.22. The van der Waals surface area contributed by atoms with Crippen LogP contribution in [-0.4, -0.2) is 26.1 Å². The van der Waals surface area contributed by atoms with E-state index in [1.54, 1.807) is 6.92 Å². The molecule has 0 aliphatic heterocycles. The normalized spacial score (nSPS) is 10.6. The van der Waals surface area contributed by atoms with Crippen LogP contribution < -0.4 is 0 Å². The predicted octanol–water partition coefficient (Wildman–Crippen LogP) is 2.62. The van der Waals surface area contributed by atoms with Gasteiger partial charge in [-0.1, -0.05) is 6.07 Å². The summed E-state index contributed by atoms with van der Waals surface area (Å²) in [6, 6.07) is 2.69. The van der Waals surface area contributed by atoms with Crippen LogP contribution in [0.3, 0.4) is 0 Å². The summed E-state index contributed by atoms with van der Waals surface area (Å²) in [5.74, 6) is -1.76. The lowest BCUT2D eigenvalue weighted by atomic mass is 10.1. The number of non-ortho nitro benzene ring substituents is 1. The number of rotatable bonds is 2. The molecule has 0 fully saturated rings. The van der Waals surface area contributed by atoms with Crippen LogP contribution in [0, 0.1) is 17.0 Å². The maximum Gasteiger partial charge on any atom is 0.355 e. The fraction of sp³-hybridized carbons (Fsp3) is 0.0909. The summed E-state index contributed by atoms with van der Waals surface area (Å²) in [7, 11) is 0. The van der Waals surface area contributed by atoms with Crippen molar-refractivity contribution in [1.82, 2.24) is 4.98 Å². The van der Waals surface area contributed by atoms with Crippen molar-refractivity contribution in [3.8, 4) is 5.75 Å². The number of hydrogen-bond acceptors (Lipinski definition) is 5. The molecular weight excluding hydrogens is 320 g/mol. The van der Waals surface area contributed by atoms with Gasteiger partial charge in [0, 0.05) is 6.07 Å². The number of carboxylic acid groups (broad SMARTS) is 1. The first-order valence-corrected chi connectivity index (χ1v) is 5.83. The Kier molecular flexibility index (Phi) is 3.11. The zero-order valence-electron chi connectivity index (χ0n) is 9.55. The number of aromatic carboxylic acids is 1. The fourth-order valence-corrected chi connectivity index (χ4v) is 2.22. The van der Waals surface area contributed by atoms with Gasteiger partial charge in [0.15, 0.2) is 11.2 Å². The minimum absolute atomic E-state index is 0.101. The zero-order valence-corrected chi connectivity index (χ0v) is 11.1. The molecule has 0 spiro atoms. The first-order valence-electron chi connectivity index (χ1n) is 5.04. The van der Waals surface area contributed by atoms with Gasteiger partial charge in [-0.2, -0.15) is 0 Å². The number of pyridine rings is 1. The summed E-state index contributed by atoms with van der Waals surface area (Å²) in [6.07, 6.45) is 0. The molecule has 1 aromatic carbocycles. The van der Waals surface area contributed by atoms with Crippen molar-refractivity contribution in [2.75, 3.05) is 0 Å². The van der Waals surface area contributed by atoms with Crippen molar-refractivity contribution in [2.24, 2.45) is 0 Å². The summed E-state index contributed by atoms with van der Waals surface area (Å²) in [5.41, 5.74) is -0.420. The van der Waals surface area contributed by atoms with E-state index >= 15 is 0 Å². The Balaban J connectivity index is 3.03. The van der Waals surface area contributed by atoms with E-state index in [0.717, 1.165) is 0 Å². The van der Waals surface area contributed by atoms with Gasteiger partial charge in [0.2, 0.25) is 0 Å². The molecule has 19 heavy (non-hydrogen) atoms. The number of hydrogen-bond donors (Lipinski definition) is 2. The molecule has 0 aliphatic rings. The second-order valence-electron chi connectivity index (χ2n) is 3.81. The van der Waals surface area contributed by atoms with E-state index in [9.17, 15) is 20.0 Å². The Morgan fingerprint density at radius 1 is 1.47 bits per heavy atom. The van der Waals surface area contributed by atoms with Crippen LogP contribution in [0.4, 0.5) is 5.69 Å². The van der Waals surface area contributed by atoms with Crippen molar-refractivity contribution in [3.63, 3.8) is 0 Å². The third kappa shape index (κ3) is 1.99. The van der Waals surface area contributed by atoms with Gasteiger partial charge < -0.3 is 10.2 Å². The van der Waals surface area contributed by atoms with Gasteiger partial charge in [-0.05, 0) is 28.4 Å². The van der Waals surface area contributed by atoms with Gasteiger partial charge in [-0.25, -0.2) is 9.78 Å². The highest BCUT2D eigenvalue weighted by molar-refractivity contribution is 9.10. The van der Waals surface area contributed by atoms with Crippen LogP contribution in [0.5, 0.6) is 5.75 Å². The lowest BCUT2D eigenvalue weighted by molar-refractivity contribution is -0.383. The SMILES string of the molecule is Cc1ccc([N+](=O)[O-])c2nc(C(=O)O)c(Br)c(O)c12. The number of nitro benzene ring substituents is 1. The molecule has 0 unspecified atom stereocenters. The van der Waals surface area contributed by atoms with Crippen molar-refractivity contribution in [2.45, 2.75) is 6.92 Å². The Labute approximate surface area is 114 Å². The topological polar surface area (TPSA) is 114 Å². The van der Waals surface area contributed by atoms with Crippen LogP contribution in [0.1, 0.15) is 16.1 Å². The van der Waals surface area contributed by atoms with Gasteiger partial charge >= 0.3 is 5.97 Å². The molecule has 1 aromatic heterocycles. The minimum atomic E-state index is -1.39. The van der Waals surface area contributed by atoms with Crippen LogP contribution in [-0.2, 0) is 0 Å². The Bertz CT molecular complexity index is 729. The molecule has 0 atom stereocenters. The van der Waals surface area contributed by atoms with E-state index in [4.69, 9.17) is 5.11 Å². The highest BCUT2D eigenvalue weighted by Crippen LogP contribution is 2.39. The van der Waals surface area contributed by atoms with Crippen molar-refractivity contribution in [3.05, 3.63) is 38.0 Å². The molecule has 0 aliphatic carbocycles. The molecule has 0 radical (unpaired) electrons. The van der Waals surface area contributed by atoms with Gasteiger partial charge in [0.05, 0.1) is 14.8 Å². The standard InChI is InChI=1S/C11H7BrN2O5/c1-4-2-3-5(14(18)19)8-6(4)10(15)7(12)9(13-8)11(16)17/h2-3H,1H3,(H,13,15)(H,16,17). The van der Waals surface area contributed by atoms with E-state index in [2.05, 4.69) is 20.9 Å². The van der Waals surface area contributed by atoms with Crippen LogP contribution in [0.15, 0.2) is 16.6 Å². The molecule has 98 valence electrons. The second-order valence-corrected chi connectivity index (χ2v) is 4.60. The van der Waals surface area contributed by atoms with Crippen molar-refractivity contribution >= 4 is 38.5 Å². The molecule has 1 heterocycles. The van der Waals surface area contributed by atoms with Crippen LogP contribution in [0.25, 0.3) is 10.9 Å². The molecule has 0 saturated heterocycles. The minimum Gasteiger partial charge on any atom is -0.506 e. The van der Waals surface area contributed by atoms with E-state index < -0.39 is 16.6 Å². The van der Waals surface area contributed by atoms with Gasteiger partial charge in [-0.3, -0.25) is 10.1 Å². The van der Waals surface area contributed by atoms with Gasteiger partial charge in [-0.15, -0.1) is 0 Å². The van der Waals surface area contributed by atoms with Gasteiger partial charge in [0.25, 0.3) is 5.69 Å². The summed E-state index contributed by atoms with van der Waals surface area (Å²) in [6.45, 7) is 1.64. The monoisotopic (exact) mass is 326 g/mol. The first-order chi connectivity index (χ1) is 8.84. The smallest absolute Gasteiger partial charge is 0.355 e. The van der Waals surface area contributed by atoms with E-state index in [0.29, 0.717) is 5.56 Å². The highest BCUT2D eigenvalue weighted by Gasteiger charge is 2.24. The molecular formula is C11H7BrN2O5. The lowest BCUT2D eigenvalue weighted by Gasteiger charge is -2.08. The number of aromatic hydroxyl groups is 1. The molecule has 0 saturated carbocycles. The third-order valence-electron chi connectivity index (χ3n) is 2.64. The molecule has 7 nitrogen and oxygen atoms in total. The Morgan fingerprint density at radius 3 is 2.63 bits per heavy atom. The Morgan fingerprint density at radius 2 is 2.11 bits per heavy atom. The number of benzene rings is 1. The number of fused-ring (bicyclic) bond motifs is 1. The fourth-order valence-electron chi connectivity index (χ4n) is 1.76. The maximum atomic E-state index is 11.0. The third-order valence-corrected chi connectivity index (χ3v) is 3.39. The molecule has 0 amide bonds. The number of halogens is 1. The van der Waals surface area contributed by atoms with E-state index in [-0.39, 0.29) is 26.8 Å². The second kappa shape index (κ2) is 4.47. The molecule has 0 bridgehead atoms. The van der Waals surface area contributed by atoms with E-state index in [1.165, 1.54) is 12.1 Å². The average Bonchev–Trinajstić information content (AvgIpc) is 2.32. The summed E-state index contributed by atoms with van der Waals surface area (Å²) < 4.78 is -0.101. The molecule has 2 aromatic rings.